The van der Waals surface area contributed by atoms with Gasteiger partial charge < -0.3 is 15.2 Å². The zero-order valence-corrected chi connectivity index (χ0v) is 16.8. The van der Waals surface area contributed by atoms with Crippen LogP contribution in [0.2, 0.25) is 0 Å². The number of H-pyrrole nitrogens is 1. The predicted octanol–water partition coefficient (Wildman–Crippen LogP) is 1.20. The number of hydrogen-bond acceptors (Lipinski definition) is 6. The van der Waals surface area contributed by atoms with E-state index in [4.69, 9.17) is 0 Å². The lowest BCUT2D eigenvalue weighted by Crippen LogP contribution is -2.49. The fourth-order valence-electron chi connectivity index (χ4n) is 3.99. The molecule has 1 aliphatic heterocycles. The zero-order valence-electron chi connectivity index (χ0n) is 16.8. The molecule has 3 heterocycles. The normalized spacial score (nSPS) is 19.9. The molecule has 0 radical (unpaired) electrons. The molecule has 8 nitrogen and oxygen atoms in total. The van der Waals surface area contributed by atoms with Crippen molar-refractivity contribution >= 4 is 17.2 Å². The molecule has 2 aliphatic rings. The minimum Gasteiger partial charge on any atom is -0.368 e. The summed E-state index contributed by atoms with van der Waals surface area (Å²) in [6, 6.07) is 4.12. The Bertz CT molecular complexity index is 973. The molecular formula is C21H26N6O2. The first-order valence-electron chi connectivity index (χ1n) is 9.99. The number of anilines is 1. The van der Waals surface area contributed by atoms with Crippen molar-refractivity contribution in [1.82, 2.24) is 25.2 Å². The van der Waals surface area contributed by atoms with E-state index < -0.39 is 0 Å². The van der Waals surface area contributed by atoms with Gasteiger partial charge in [-0.05, 0) is 37.5 Å². The van der Waals surface area contributed by atoms with E-state index in [-0.39, 0.29) is 11.5 Å². The van der Waals surface area contributed by atoms with Crippen LogP contribution >= 0.6 is 0 Å². The minimum absolute atomic E-state index is 0.114. The maximum Gasteiger partial charge on any atom is 0.269 e. The third-order valence-corrected chi connectivity index (χ3v) is 5.77. The van der Waals surface area contributed by atoms with Gasteiger partial charge in [0.05, 0.1) is 23.8 Å². The van der Waals surface area contributed by atoms with Gasteiger partial charge in [0.2, 0.25) is 0 Å². The molecule has 152 valence electrons. The van der Waals surface area contributed by atoms with Crippen LogP contribution in [0.4, 0.5) is 5.69 Å². The van der Waals surface area contributed by atoms with E-state index in [0.717, 1.165) is 50.4 Å². The average molecular weight is 394 g/mol. The van der Waals surface area contributed by atoms with E-state index in [2.05, 4.69) is 36.1 Å². The summed E-state index contributed by atoms with van der Waals surface area (Å²) in [5, 5.41) is 2.59. The van der Waals surface area contributed by atoms with Crippen molar-refractivity contribution in [2.75, 3.05) is 38.1 Å². The SMILES string of the molecule is CNC(=O)c1ccc(N2CCN(C3C=C(c4cnc(C)c(=O)[nH]4)CC3)CC2)cn1. The fraction of sp³-hybridized carbons (Fsp3) is 0.429. The molecule has 2 N–H and O–H groups in total. The van der Waals surface area contributed by atoms with Gasteiger partial charge in [-0.25, -0.2) is 4.98 Å². The lowest BCUT2D eigenvalue weighted by atomic mass is 10.1. The molecule has 0 bridgehead atoms. The third kappa shape index (κ3) is 4.07. The second-order valence-corrected chi connectivity index (χ2v) is 7.51. The number of pyridine rings is 1. The van der Waals surface area contributed by atoms with Gasteiger partial charge in [0.15, 0.2) is 0 Å². The highest BCUT2D eigenvalue weighted by atomic mass is 16.1. The molecule has 4 rings (SSSR count). The Balaban J connectivity index is 1.37. The van der Waals surface area contributed by atoms with Crippen molar-refractivity contribution in [3.63, 3.8) is 0 Å². The quantitative estimate of drug-likeness (QED) is 0.809. The summed E-state index contributed by atoms with van der Waals surface area (Å²) in [5.74, 6) is -0.171. The van der Waals surface area contributed by atoms with E-state index in [1.54, 1.807) is 32.4 Å². The summed E-state index contributed by atoms with van der Waals surface area (Å²) in [6.07, 6.45) is 7.83. The molecule has 0 spiro atoms. The van der Waals surface area contributed by atoms with Crippen molar-refractivity contribution in [3.8, 4) is 0 Å². The summed E-state index contributed by atoms with van der Waals surface area (Å²) >= 11 is 0. The molecule has 2 aromatic rings. The number of rotatable bonds is 4. The summed E-state index contributed by atoms with van der Waals surface area (Å²) in [6.45, 7) is 5.49. The Kier molecular flexibility index (Phi) is 5.44. The van der Waals surface area contributed by atoms with Crippen molar-refractivity contribution < 1.29 is 4.79 Å². The second-order valence-electron chi connectivity index (χ2n) is 7.51. The first-order chi connectivity index (χ1) is 14.0. The van der Waals surface area contributed by atoms with Gasteiger partial charge in [0, 0.05) is 39.3 Å². The standard InChI is InChI=1S/C21H26N6O2/c1-14-20(28)25-19(13-23-14)15-3-4-16(11-15)26-7-9-27(10-8-26)17-5-6-18(24-12-17)21(29)22-2/h5-6,11-13,16H,3-4,7-10H2,1-2H3,(H,22,29)(H,25,28). The smallest absolute Gasteiger partial charge is 0.269 e. The topological polar surface area (TPSA) is 94.2 Å². The Labute approximate surface area is 169 Å². The molecular weight excluding hydrogens is 368 g/mol. The molecule has 0 aromatic carbocycles. The fourth-order valence-corrected chi connectivity index (χ4v) is 3.99. The van der Waals surface area contributed by atoms with Gasteiger partial charge in [-0.2, -0.15) is 0 Å². The molecule has 1 atom stereocenters. The van der Waals surface area contributed by atoms with Gasteiger partial charge >= 0.3 is 0 Å². The van der Waals surface area contributed by atoms with E-state index >= 15 is 0 Å². The van der Waals surface area contributed by atoms with Gasteiger partial charge in [-0.3, -0.25) is 19.5 Å². The number of aromatic nitrogens is 3. The first kappa shape index (κ1) is 19.3. The van der Waals surface area contributed by atoms with Gasteiger partial charge in [-0.1, -0.05) is 6.08 Å². The zero-order chi connectivity index (χ0) is 20.4. The third-order valence-electron chi connectivity index (χ3n) is 5.77. The molecule has 1 amide bonds. The molecule has 1 aliphatic carbocycles. The molecule has 8 heteroatoms. The van der Waals surface area contributed by atoms with Crippen LogP contribution in [-0.4, -0.2) is 65.0 Å². The lowest BCUT2D eigenvalue weighted by molar-refractivity contribution is 0.0958. The highest BCUT2D eigenvalue weighted by molar-refractivity contribution is 5.92. The van der Waals surface area contributed by atoms with Gasteiger partial charge in [0.1, 0.15) is 11.4 Å². The number of aromatic amines is 1. The average Bonchev–Trinajstić information content (AvgIpc) is 3.25. The van der Waals surface area contributed by atoms with Gasteiger partial charge in [0.25, 0.3) is 11.5 Å². The summed E-state index contributed by atoms with van der Waals surface area (Å²) < 4.78 is 0. The van der Waals surface area contributed by atoms with E-state index in [9.17, 15) is 9.59 Å². The largest absolute Gasteiger partial charge is 0.368 e. The van der Waals surface area contributed by atoms with Crippen LogP contribution in [0.25, 0.3) is 5.57 Å². The van der Waals surface area contributed by atoms with Crippen LogP contribution in [0, 0.1) is 6.92 Å². The molecule has 29 heavy (non-hydrogen) atoms. The molecule has 0 saturated carbocycles. The highest BCUT2D eigenvalue weighted by Gasteiger charge is 2.27. The van der Waals surface area contributed by atoms with E-state index in [0.29, 0.717) is 17.4 Å². The Morgan fingerprint density at radius 2 is 1.97 bits per heavy atom. The maximum atomic E-state index is 11.8. The van der Waals surface area contributed by atoms with Crippen molar-refractivity contribution in [2.24, 2.45) is 0 Å². The Morgan fingerprint density at radius 3 is 2.62 bits per heavy atom. The maximum absolute atomic E-state index is 11.8. The Hall–Kier alpha value is -3.00. The molecule has 1 saturated heterocycles. The van der Waals surface area contributed by atoms with Crippen LogP contribution in [-0.2, 0) is 0 Å². The van der Waals surface area contributed by atoms with E-state index in [1.165, 1.54) is 5.57 Å². The number of carbonyl (C=O) groups excluding carboxylic acids is 1. The number of hydrogen-bond donors (Lipinski definition) is 2. The van der Waals surface area contributed by atoms with Crippen LogP contribution < -0.4 is 15.8 Å². The number of nitrogens with one attached hydrogen (secondary N) is 2. The molecule has 1 fully saturated rings. The van der Waals surface area contributed by atoms with Crippen LogP contribution in [0.5, 0.6) is 0 Å². The first-order valence-corrected chi connectivity index (χ1v) is 9.99. The lowest BCUT2D eigenvalue weighted by Gasteiger charge is -2.38. The highest BCUT2D eigenvalue weighted by Crippen LogP contribution is 2.30. The number of piperazine rings is 1. The van der Waals surface area contributed by atoms with Crippen molar-refractivity contribution in [2.45, 2.75) is 25.8 Å². The molecule has 1 unspecified atom stereocenters. The van der Waals surface area contributed by atoms with Crippen molar-refractivity contribution in [1.29, 1.82) is 0 Å². The summed E-state index contributed by atoms with van der Waals surface area (Å²) in [4.78, 5) is 39.7. The monoisotopic (exact) mass is 394 g/mol. The number of allylic oxidation sites excluding steroid dienone is 1. The summed E-state index contributed by atoms with van der Waals surface area (Å²) in [7, 11) is 1.60. The number of carbonyl (C=O) groups is 1. The minimum atomic E-state index is -0.171. The van der Waals surface area contributed by atoms with Gasteiger partial charge in [-0.15, -0.1) is 0 Å². The Morgan fingerprint density at radius 1 is 1.17 bits per heavy atom. The second kappa shape index (κ2) is 8.16. The predicted molar refractivity (Wildman–Crippen MR) is 112 cm³/mol. The number of aryl methyl sites for hydroxylation is 1. The van der Waals surface area contributed by atoms with Crippen molar-refractivity contribution in [3.05, 3.63) is 58.0 Å². The number of nitrogens with zero attached hydrogens (tertiary/aromatic N) is 4. The van der Waals surface area contributed by atoms with Crippen LogP contribution in [0.15, 0.2) is 35.4 Å². The van der Waals surface area contributed by atoms with Crippen LogP contribution in [0.1, 0.15) is 34.7 Å². The van der Waals surface area contributed by atoms with E-state index in [1.807, 2.05) is 6.07 Å². The molecule has 2 aromatic heterocycles. The number of amides is 1. The van der Waals surface area contributed by atoms with Crippen LogP contribution in [0.3, 0.4) is 0 Å². The summed E-state index contributed by atoms with van der Waals surface area (Å²) in [5.41, 5.74) is 3.87.